The summed E-state index contributed by atoms with van der Waals surface area (Å²) in [6, 6.07) is 1.79. The first kappa shape index (κ1) is 10.9. The highest BCUT2D eigenvalue weighted by molar-refractivity contribution is 7.99. The van der Waals surface area contributed by atoms with Crippen molar-refractivity contribution in [2.75, 3.05) is 5.75 Å². The van der Waals surface area contributed by atoms with Gasteiger partial charge in [0.25, 0.3) is 5.22 Å². The minimum Gasteiger partial charge on any atom is -0.416 e. The van der Waals surface area contributed by atoms with Crippen molar-refractivity contribution >= 4 is 17.5 Å². The molecule has 6 heteroatoms. The fourth-order valence-corrected chi connectivity index (χ4v) is 1.91. The van der Waals surface area contributed by atoms with Crippen LogP contribution in [0.25, 0.3) is 0 Å². The van der Waals surface area contributed by atoms with Gasteiger partial charge in [0.05, 0.1) is 5.75 Å². The predicted molar refractivity (Wildman–Crippen MR) is 59.5 cm³/mol. The third kappa shape index (κ3) is 2.52. The first-order valence-electron chi connectivity index (χ1n) is 4.73. The number of Topliss-reactive ketones (excluding diaryl/α,β-unsaturated/α-hetero) is 1. The molecule has 2 aromatic rings. The summed E-state index contributed by atoms with van der Waals surface area (Å²) < 4.78 is 7.00. The number of aromatic nitrogens is 3. The Hall–Kier alpha value is -1.56. The van der Waals surface area contributed by atoms with Gasteiger partial charge in [-0.25, -0.2) is 0 Å². The lowest BCUT2D eigenvalue weighted by Gasteiger charge is -1.94. The van der Waals surface area contributed by atoms with Crippen LogP contribution in [0.15, 0.2) is 28.1 Å². The Balaban J connectivity index is 1.93. The number of aryl methyl sites for hydroxylation is 2. The van der Waals surface area contributed by atoms with Crippen molar-refractivity contribution in [3.05, 3.63) is 29.9 Å². The average molecular weight is 237 g/mol. The van der Waals surface area contributed by atoms with Crippen LogP contribution in [0.3, 0.4) is 0 Å². The molecule has 5 nitrogen and oxygen atoms in total. The Kier molecular flexibility index (Phi) is 3.09. The predicted octanol–water partition coefficient (Wildman–Crippen LogP) is 1.69. The third-order valence-corrected chi connectivity index (χ3v) is 2.81. The summed E-state index contributed by atoms with van der Waals surface area (Å²) in [5.41, 5.74) is 0.700. The molecule has 16 heavy (non-hydrogen) atoms. The van der Waals surface area contributed by atoms with E-state index in [2.05, 4.69) is 10.2 Å². The van der Waals surface area contributed by atoms with Crippen molar-refractivity contribution < 1.29 is 9.21 Å². The molecule has 0 unspecified atom stereocenters. The monoisotopic (exact) mass is 237 g/mol. The van der Waals surface area contributed by atoms with Crippen LogP contribution in [-0.4, -0.2) is 26.3 Å². The number of nitrogens with zero attached hydrogens (tertiary/aromatic N) is 3. The van der Waals surface area contributed by atoms with Crippen molar-refractivity contribution in [1.29, 1.82) is 0 Å². The normalized spacial score (nSPS) is 10.6. The first-order chi connectivity index (χ1) is 7.65. The molecule has 0 aliphatic carbocycles. The molecule has 0 bridgehead atoms. The summed E-state index contributed by atoms with van der Waals surface area (Å²) in [6.45, 7) is 1.72. The molecule has 0 aliphatic heterocycles. The van der Waals surface area contributed by atoms with Crippen molar-refractivity contribution in [3.8, 4) is 0 Å². The molecule has 0 radical (unpaired) electrons. The Labute approximate surface area is 96.9 Å². The van der Waals surface area contributed by atoms with E-state index >= 15 is 0 Å². The SMILES string of the molecule is Cc1nnc(SCC(=O)c2ccn(C)c2)o1. The Morgan fingerprint density at radius 3 is 2.94 bits per heavy atom. The molecule has 0 saturated heterocycles. The molecule has 0 N–H and O–H groups in total. The van der Waals surface area contributed by atoms with E-state index in [-0.39, 0.29) is 5.78 Å². The quantitative estimate of drug-likeness (QED) is 0.598. The zero-order chi connectivity index (χ0) is 11.5. The highest BCUT2D eigenvalue weighted by Crippen LogP contribution is 2.17. The van der Waals surface area contributed by atoms with Gasteiger partial charge in [0.15, 0.2) is 5.78 Å². The Morgan fingerprint density at radius 2 is 2.38 bits per heavy atom. The molecule has 0 aromatic carbocycles. The van der Waals surface area contributed by atoms with E-state index in [0.29, 0.717) is 22.4 Å². The van der Waals surface area contributed by atoms with Gasteiger partial charge in [0.2, 0.25) is 5.89 Å². The molecule has 0 aliphatic rings. The van der Waals surface area contributed by atoms with Crippen LogP contribution in [-0.2, 0) is 7.05 Å². The molecule has 2 rings (SSSR count). The van der Waals surface area contributed by atoms with E-state index in [9.17, 15) is 4.79 Å². The summed E-state index contributed by atoms with van der Waals surface area (Å²) in [5.74, 6) is 0.877. The van der Waals surface area contributed by atoms with Crippen LogP contribution in [0, 0.1) is 6.92 Å². The maximum atomic E-state index is 11.7. The number of ketones is 1. The van der Waals surface area contributed by atoms with E-state index in [4.69, 9.17) is 4.42 Å². The average Bonchev–Trinajstić information content (AvgIpc) is 2.84. The van der Waals surface area contributed by atoms with Crippen LogP contribution in [0.1, 0.15) is 16.2 Å². The van der Waals surface area contributed by atoms with Crippen LogP contribution in [0.2, 0.25) is 0 Å². The smallest absolute Gasteiger partial charge is 0.277 e. The largest absolute Gasteiger partial charge is 0.416 e. The molecular weight excluding hydrogens is 226 g/mol. The van der Waals surface area contributed by atoms with Crippen molar-refractivity contribution in [3.63, 3.8) is 0 Å². The topological polar surface area (TPSA) is 60.9 Å². The molecular formula is C10H11N3O2S. The number of rotatable bonds is 4. The maximum Gasteiger partial charge on any atom is 0.277 e. The fraction of sp³-hybridized carbons (Fsp3) is 0.300. The summed E-state index contributed by atoms with van der Waals surface area (Å²) in [4.78, 5) is 11.7. The summed E-state index contributed by atoms with van der Waals surface area (Å²) in [5, 5.41) is 7.93. The number of hydrogen-bond acceptors (Lipinski definition) is 5. The molecule has 84 valence electrons. The van der Waals surface area contributed by atoms with E-state index < -0.39 is 0 Å². The van der Waals surface area contributed by atoms with E-state index in [0.717, 1.165) is 0 Å². The number of carbonyl (C=O) groups excluding carboxylic acids is 1. The number of carbonyl (C=O) groups is 1. The lowest BCUT2D eigenvalue weighted by atomic mass is 10.2. The third-order valence-electron chi connectivity index (χ3n) is 1.99. The van der Waals surface area contributed by atoms with Gasteiger partial charge in [-0.3, -0.25) is 4.79 Å². The number of hydrogen-bond donors (Lipinski definition) is 0. The number of thioether (sulfide) groups is 1. The molecule has 2 aromatic heterocycles. The van der Waals surface area contributed by atoms with Gasteiger partial charge in [0, 0.05) is 31.9 Å². The van der Waals surface area contributed by atoms with Crippen LogP contribution in [0.5, 0.6) is 0 Å². The highest BCUT2D eigenvalue weighted by Gasteiger charge is 2.10. The van der Waals surface area contributed by atoms with Gasteiger partial charge in [-0.1, -0.05) is 11.8 Å². The van der Waals surface area contributed by atoms with E-state index in [1.807, 2.05) is 17.8 Å². The lowest BCUT2D eigenvalue weighted by Crippen LogP contribution is -2.00. The van der Waals surface area contributed by atoms with Gasteiger partial charge in [0.1, 0.15) is 0 Å². The zero-order valence-corrected chi connectivity index (χ0v) is 9.82. The second-order valence-electron chi connectivity index (χ2n) is 3.36. The molecule has 0 spiro atoms. The zero-order valence-electron chi connectivity index (χ0n) is 9.01. The summed E-state index contributed by atoms with van der Waals surface area (Å²) >= 11 is 1.25. The molecule has 0 atom stereocenters. The summed E-state index contributed by atoms with van der Waals surface area (Å²) in [7, 11) is 1.88. The van der Waals surface area contributed by atoms with Crippen molar-refractivity contribution in [1.82, 2.24) is 14.8 Å². The van der Waals surface area contributed by atoms with Crippen molar-refractivity contribution in [2.45, 2.75) is 12.1 Å². The lowest BCUT2D eigenvalue weighted by molar-refractivity contribution is 0.102. The van der Waals surface area contributed by atoms with Gasteiger partial charge in [-0.05, 0) is 6.07 Å². The maximum absolute atomic E-state index is 11.7. The van der Waals surface area contributed by atoms with Crippen LogP contribution < -0.4 is 0 Å². The second-order valence-corrected chi connectivity index (χ2v) is 4.29. The van der Waals surface area contributed by atoms with E-state index in [1.165, 1.54) is 11.8 Å². The molecule has 0 amide bonds. The molecule has 0 saturated carbocycles. The molecule has 2 heterocycles. The van der Waals surface area contributed by atoms with Gasteiger partial charge in [-0.2, -0.15) is 0 Å². The second kappa shape index (κ2) is 4.52. The van der Waals surface area contributed by atoms with Gasteiger partial charge < -0.3 is 8.98 Å². The van der Waals surface area contributed by atoms with E-state index in [1.54, 1.807) is 19.2 Å². The van der Waals surface area contributed by atoms with Crippen LogP contribution in [0.4, 0.5) is 0 Å². The summed E-state index contributed by atoms with van der Waals surface area (Å²) in [6.07, 6.45) is 3.64. The minimum atomic E-state index is 0.0569. The molecule has 0 fully saturated rings. The van der Waals surface area contributed by atoms with Crippen LogP contribution >= 0.6 is 11.8 Å². The first-order valence-corrected chi connectivity index (χ1v) is 5.72. The van der Waals surface area contributed by atoms with Gasteiger partial charge >= 0.3 is 0 Å². The Morgan fingerprint density at radius 1 is 1.56 bits per heavy atom. The van der Waals surface area contributed by atoms with Crippen molar-refractivity contribution in [2.24, 2.45) is 7.05 Å². The minimum absolute atomic E-state index is 0.0569. The fourth-order valence-electron chi connectivity index (χ4n) is 1.22. The van der Waals surface area contributed by atoms with Gasteiger partial charge in [-0.15, -0.1) is 10.2 Å². The Bertz CT molecular complexity index is 504. The highest BCUT2D eigenvalue weighted by atomic mass is 32.2. The standard InChI is InChI=1S/C10H11N3O2S/c1-7-11-12-10(15-7)16-6-9(14)8-3-4-13(2)5-8/h3-5H,6H2,1-2H3.